The van der Waals surface area contributed by atoms with E-state index in [9.17, 15) is 5.11 Å². The molecule has 0 atom stereocenters. The maximum atomic E-state index is 9.81. The molecule has 0 heterocycles. The molecule has 2 nitrogen and oxygen atoms in total. The molecule has 0 spiro atoms. The Bertz CT molecular complexity index is 1100. The normalized spacial score (nSPS) is 11.6. The first kappa shape index (κ1) is 20.6. The second-order valence-corrected chi connectivity index (χ2v) is 7.36. The Kier molecular flexibility index (Phi) is 6.94. The molecule has 0 unspecified atom stereocenters. The van der Waals surface area contributed by atoms with E-state index < -0.39 is 0 Å². The van der Waals surface area contributed by atoms with Crippen LogP contribution >= 0.6 is 0 Å². The van der Waals surface area contributed by atoms with Gasteiger partial charge in [-0.1, -0.05) is 103 Å². The molecule has 0 aromatic heterocycles. The molecule has 154 valence electrons. The van der Waals surface area contributed by atoms with E-state index in [0.717, 1.165) is 39.1 Å². The van der Waals surface area contributed by atoms with Crippen LogP contribution in [-0.2, 0) is 6.61 Å². The molecular formula is C29H26O2. The zero-order valence-electron chi connectivity index (χ0n) is 17.4. The summed E-state index contributed by atoms with van der Waals surface area (Å²) in [5.74, 6) is 0.837. The highest BCUT2D eigenvalue weighted by Crippen LogP contribution is 2.35. The smallest absolute Gasteiger partial charge is 0.119 e. The van der Waals surface area contributed by atoms with Gasteiger partial charge < -0.3 is 9.84 Å². The van der Waals surface area contributed by atoms with Gasteiger partial charge in [0.15, 0.2) is 0 Å². The van der Waals surface area contributed by atoms with Crippen molar-refractivity contribution in [3.8, 4) is 5.75 Å². The highest BCUT2D eigenvalue weighted by molar-refractivity contribution is 5.98. The molecule has 4 aromatic carbocycles. The van der Waals surface area contributed by atoms with Crippen molar-refractivity contribution in [3.05, 3.63) is 138 Å². The van der Waals surface area contributed by atoms with Crippen LogP contribution in [0.3, 0.4) is 0 Å². The molecule has 0 radical (unpaired) electrons. The van der Waals surface area contributed by atoms with Gasteiger partial charge in [-0.15, -0.1) is 0 Å². The van der Waals surface area contributed by atoms with Crippen LogP contribution in [0.5, 0.6) is 5.75 Å². The van der Waals surface area contributed by atoms with Crippen LogP contribution in [0, 0.1) is 0 Å². The summed E-state index contributed by atoms with van der Waals surface area (Å²) in [6.07, 6.45) is 0.584. The zero-order valence-corrected chi connectivity index (χ0v) is 17.4. The molecule has 31 heavy (non-hydrogen) atoms. The molecule has 0 aliphatic carbocycles. The molecule has 0 bridgehead atoms. The molecule has 0 aliphatic rings. The van der Waals surface area contributed by atoms with Gasteiger partial charge in [-0.3, -0.25) is 0 Å². The molecular weight excluding hydrogens is 380 g/mol. The van der Waals surface area contributed by atoms with Crippen LogP contribution in [0.2, 0.25) is 0 Å². The highest BCUT2D eigenvalue weighted by Gasteiger charge is 2.14. The molecule has 4 aromatic rings. The van der Waals surface area contributed by atoms with Crippen molar-refractivity contribution in [2.45, 2.75) is 13.0 Å². The molecule has 0 amide bonds. The minimum absolute atomic E-state index is 0.0961. The first-order chi connectivity index (χ1) is 15.3. The van der Waals surface area contributed by atoms with E-state index in [1.54, 1.807) is 0 Å². The van der Waals surface area contributed by atoms with E-state index in [-0.39, 0.29) is 6.61 Å². The van der Waals surface area contributed by atoms with E-state index in [4.69, 9.17) is 4.74 Å². The van der Waals surface area contributed by atoms with Crippen molar-refractivity contribution in [3.63, 3.8) is 0 Å². The van der Waals surface area contributed by atoms with Crippen molar-refractivity contribution in [2.75, 3.05) is 6.61 Å². The van der Waals surface area contributed by atoms with E-state index in [1.807, 2.05) is 66.7 Å². The largest absolute Gasteiger partial charge is 0.489 e. The van der Waals surface area contributed by atoms with E-state index in [1.165, 1.54) is 0 Å². The van der Waals surface area contributed by atoms with Gasteiger partial charge in [0.05, 0.1) is 0 Å². The lowest BCUT2D eigenvalue weighted by atomic mass is 9.88. The monoisotopic (exact) mass is 406 g/mol. The number of benzene rings is 4. The third-order valence-corrected chi connectivity index (χ3v) is 5.24. The highest BCUT2D eigenvalue weighted by atomic mass is 16.5. The fraction of sp³-hybridized carbons (Fsp3) is 0.103. The van der Waals surface area contributed by atoms with Gasteiger partial charge in [-0.2, -0.15) is 0 Å². The lowest BCUT2D eigenvalue weighted by Crippen LogP contribution is -1.99. The molecule has 0 saturated carbocycles. The Balaban J connectivity index is 1.70. The van der Waals surface area contributed by atoms with E-state index in [0.29, 0.717) is 13.0 Å². The lowest BCUT2D eigenvalue weighted by molar-refractivity contribution is 0.305. The Morgan fingerprint density at radius 3 is 1.68 bits per heavy atom. The number of aliphatic hydroxyl groups excluding tert-OH is 1. The summed E-state index contributed by atoms with van der Waals surface area (Å²) in [7, 11) is 0. The van der Waals surface area contributed by atoms with Crippen LogP contribution in [0.15, 0.2) is 115 Å². The second kappa shape index (κ2) is 10.4. The second-order valence-electron chi connectivity index (χ2n) is 7.36. The molecule has 1 N–H and O–H groups in total. The lowest BCUT2D eigenvalue weighted by Gasteiger charge is -2.17. The topological polar surface area (TPSA) is 29.5 Å². The number of hydrogen-bond acceptors (Lipinski definition) is 2. The summed E-state index contributed by atoms with van der Waals surface area (Å²) in [5, 5.41) is 9.81. The van der Waals surface area contributed by atoms with Crippen molar-refractivity contribution in [2.24, 2.45) is 0 Å². The van der Waals surface area contributed by atoms with Crippen LogP contribution in [0.1, 0.15) is 28.7 Å². The maximum absolute atomic E-state index is 9.81. The fourth-order valence-electron chi connectivity index (χ4n) is 3.74. The SMILES string of the molecule is OCC/C(=C(\c1ccccc1)c1ccc(OCc2ccccc2)cc1)c1ccccc1. The predicted molar refractivity (Wildman–Crippen MR) is 128 cm³/mol. The number of rotatable bonds is 8. The van der Waals surface area contributed by atoms with Crippen molar-refractivity contribution in [1.82, 2.24) is 0 Å². The third-order valence-electron chi connectivity index (χ3n) is 5.24. The van der Waals surface area contributed by atoms with Gasteiger partial charge in [0.1, 0.15) is 12.4 Å². The number of ether oxygens (including phenoxy) is 1. The third kappa shape index (κ3) is 5.30. The summed E-state index contributed by atoms with van der Waals surface area (Å²) in [6.45, 7) is 0.639. The zero-order chi connectivity index (χ0) is 21.3. The first-order valence-corrected chi connectivity index (χ1v) is 10.6. The average Bonchev–Trinajstić information content (AvgIpc) is 2.85. The summed E-state index contributed by atoms with van der Waals surface area (Å²) >= 11 is 0. The summed E-state index contributed by atoms with van der Waals surface area (Å²) in [6, 6.07) is 39.1. The molecule has 0 aliphatic heterocycles. The maximum Gasteiger partial charge on any atom is 0.119 e. The standard InChI is InChI=1S/C29H26O2/c30-21-20-28(24-12-6-2-7-13-24)29(25-14-8-3-9-15-25)26-16-18-27(19-17-26)31-22-23-10-4-1-5-11-23/h1-19,30H,20-22H2/b29-28-. The first-order valence-electron chi connectivity index (χ1n) is 10.6. The molecule has 0 saturated heterocycles. The molecule has 0 fully saturated rings. The van der Waals surface area contributed by atoms with Gasteiger partial charge in [-0.05, 0) is 52.0 Å². The summed E-state index contributed by atoms with van der Waals surface area (Å²) < 4.78 is 5.97. The Morgan fingerprint density at radius 1 is 0.581 bits per heavy atom. The number of hydrogen-bond donors (Lipinski definition) is 1. The van der Waals surface area contributed by atoms with Gasteiger partial charge in [-0.25, -0.2) is 0 Å². The minimum atomic E-state index is 0.0961. The van der Waals surface area contributed by atoms with Gasteiger partial charge in [0.25, 0.3) is 0 Å². The Hall–Kier alpha value is -3.62. The number of aliphatic hydroxyl groups is 1. The molecule has 2 heteroatoms. The van der Waals surface area contributed by atoms with Crippen LogP contribution in [0.4, 0.5) is 0 Å². The van der Waals surface area contributed by atoms with Crippen LogP contribution in [0.25, 0.3) is 11.1 Å². The van der Waals surface area contributed by atoms with E-state index in [2.05, 4.69) is 48.5 Å². The quantitative estimate of drug-likeness (QED) is 0.334. The van der Waals surface area contributed by atoms with Crippen molar-refractivity contribution >= 4 is 11.1 Å². The van der Waals surface area contributed by atoms with E-state index >= 15 is 0 Å². The van der Waals surface area contributed by atoms with Gasteiger partial charge in [0.2, 0.25) is 0 Å². The predicted octanol–water partition coefficient (Wildman–Crippen LogP) is 6.61. The minimum Gasteiger partial charge on any atom is -0.489 e. The van der Waals surface area contributed by atoms with Gasteiger partial charge in [0, 0.05) is 6.61 Å². The van der Waals surface area contributed by atoms with Crippen molar-refractivity contribution in [1.29, 1.82) is 0 Å². The van der Waals surface area contributed by atoms with Crippen LogP contribution < -0.4 is 4.74 Å². The Labute approximate surface area is 184 Å². The van der Waals surface area contributed by atoms with Crippen LogP contribution in [-0.4, -0.2) is 11.7 Å². The van der Waals surface area contributed by atoms with Gasteiger partial charge >= 0.3 is 0 Å². The molecule has 4 rings (SSSR count). The summed E-state index contributed by atoms with van der Waals surface area (Å²) in [4.78, 5) is 0. The fourth-order valence-corrected chi connectivity index (χ4v) is 3.74. The van der Waals surface area contributed by atoms with Crippen molar-refractivity contribution < 1.29 is 9.84 Å². The summed E-state index contributed by atoms with van der Waals surface area (Å²) in [5.41, 5.74) is 6.77. The average molecular weight is 407 g/mol. The Morgan fingerprint density at radius 2 is 1.10 bits per heavy atom.